The molecule has 0 radical (unpaired) electrons. The van der Waals surface area contributed by atoms with Crippen LogP contribution >= 0.6 is 11.6 Å². The molecule has 1 saturated heterocycles. The number of rotatable bonds is 5. The number of halogens is 1. The average molecular weight is 436 g/mol. The third kappa shape index (κ3) is 3.95. The molecule has 1 fully saturated rings. The molecule has 0 bridgehead atoms. The van der Waals surface area contributed by atoms with E-state index in [1.165, 1.54) is 6.20 Å². The van der Waals surface area contributed by atoms with Crippen LogP contribution in [0.5, 0.6) is 0 Å². The number of benzene rings is 1. The monoisotopic (exact) mass is 435 g/mol. The highest BCUT2D eigenvalue weighted by Crippen LogP contribution is 2.28. The molecule has 3 N–H and O–H groups in total. The van der Waals surface area contributed by atoms with E-state index in [1.54, 1.807) is 30.3 Å². The van der Waals surface area contributed by atoms with Gasteiger partial charge in [-0.25, -0.2) is 17.4 Å². The molecule has 0 spiro atoms. The fourth-order valence-corrected chi connectivity index (χ4v) is 4.94. The second-order valence-electron chi connectivity index (χ2n) is 7.21. The second kappa shape index (κ2) is 7.91. The van der Waals surface area contributed by atoms with Crippen LogP contribution in [0.4, 0.5) is 5.82 Å². The van der Waals surface area contributed by atoms with Crippen molar-refractivity contribution in [1.29, 1.82) is 0 Å². The summed E-state index contributed by atoms with van der Waals surface area (Å²) in [6.07, 6.45) is 3.15. The summed E-state index contributed by atoms with van der Waals surface area (Å²) in [6.45, 7) is 2.67. The molecule has 0 saturated carbocycles. The topological polar surface area (TPSA) is 109 Å². The average Bonchev–Trinajstić information content (AvgIpc) is 3.13. The Morgan fingerprint density at radius 2 is 2.00 bits per heavy atom. The number of nitrogens with one attached hydrogen (secondary N) is 2. The summed E-state index contributed by atoms with van der Waals surface area (Å²) >= 11 is 6.11. The van der Waals surface area contributed by atoms with Crippen LogP contribution in [0.3, 0.4) is 0 Å². The number of nitrogens with zero attached hydrogens (tertiary/aromatic N) is 3. The number of aliphatic hydroxyl groups is 1. The minimum Gasteiger partial charge on any atom is -0.395 e. The van der Waals surface area contributed by atoms with Crippen molar-refractivity contribution in [3.05, 3.63) is 47.4 Å². The first kappa shape index (κ1) is 20.1. The van der Waals surface area contributed by atoms with E-state index in [1.807, 2.05) is 6.92 Å². The Balaban J connectivity index is 1.69. The molecule has 3 heterocycles. The molecule has 2 aromatic heterocycles. The smallest absolute Gasteiger partial charge is 0.269 e. The number of hydrogen-bond acceptors (Lipinski definition) is 7. The van der Waals surface area contributed by atoms with Gasteiger partial charge in [0, 0.05) is 24.8 Å². The molecular formula is C19H22ClN5O3S. The van der Waals surface area contributed by atoms with E-state index in [2.05, 4.69) is 20.6 Å². The lowest BCUT2D eigenvalue weighted by atomic mass is 10.0. The highest BCUT2D eigenvalue weighted by molar-refractivity contribution is 7.90. The van der Waals surface area contributed by atoms with E-state index < -0.39 is 10.0 Å². The maximum absolute atomic E-state index is 13.1. The van der Waals surface area contributed by atoms with Crippen molar-refractivity contribution in [1.82, 2.24) is 19.3 Å². The van der Waals surface area contributed by atoms with Crippen molar-refractivity contribution in [3.8, 4) is 0 Å². The van der Waals surface area contributed by atoms with Crippen molar-refractivity contribution in [2.24, 2.45) is 0 Å². The van der Waals surface area contributed by atoms with Gasteiger partial charge in [0.05, 0.1) is 16.9 Å². The molecule has 1 aromatic carbocycles. The molecule has 0 aliphatic carbocycles. The minimum atomic E-state index is -3.82. The van der Waals surface area contributed by atoms with Gasteiger partial charge in [-0.1, -0.05) is 17.7 Å². The quantitative estimate of drug-likeness (QED) is 0.527. The summed E-state index contributed by atoms with van der Waals surface area (Å²) in [7, 11) is -3.82. The van der Waals surface area contributed by atoms with E-state index in [-0.39, 0.29) is 34.5 Å². The predicted molar refractivity (Wildman–Crippen MR) is 112 cm³/mol. The van der Waals surface area contributed by atoms with E-state index >= 15 is 0 Å². The zero-order valence-corrected chi connectivity index (χ0v) is 17.4. The highest BCUT2D eigenvalue weighted by atomic mass is 35.5. The summed E-state index contributed by atoms with van der Waals surface area (Å²) in [5.74, 6) is 0.493. The molecule has 10 heteroatoms. The minimum absolute atomic E-state index is 0.0314. The van der Waals surface area contributed by atoms with Gasteiger partial charge in [0.25, 0.3) is 10.0 Å². The highest BCUT2D eigenvalue weighted by Gasteiger charge is 2.24. The molecule has 1 aliphatic rings. The van der Waals surface area contributed by atoms with Crippen LogP contribution < -0.4 is 10.6 Å². The zero-order valence-electron chi connectivity index (χ0n) is 15.8. The number of aliphatic hydroxyl groups excluding tert-OH is 1. The van der Waals surface area contributed by atoms with Crippen molar-refractivity contribution in [2.75, 3.05) is 18.5 Å². The fourth-order valence-electron chi connectivity index (χ4n) is 3.48. The molecule has 3 aromatic rings. The number of aryl methyl sites for hydroxylation is 1. The largest absolute Gasteiger partial charge is 0.395 e. The lowest BCUT2D eigenvalue weighted by Crippen LogP contribution is -2.46. The van der Waals surface area contributed by atoms with Gasteiger partial charge in [-0.2, -0.15) is 4.98 Å². The molecule has 8 nitrogen and oxygen atoms in total. The molecule has 2 atom stereocenters. The van der Waals surface area contributed by atoms with Crippen LogP contribution in [0.15, 0.2) is 41.4 Å². The van der Waals surface area contributed by atoms with Crippen LogP contribution in [0.2, 0.25) is 5.28 Å². The summed E-state index contributed by atoms with van der Waals surface area (Å²) < 4.78 is 27.3. The zero-order chi connectivity index (χ0) is 20.6. The molecule has 4 rings (SSSR count). The van der Waals surface area contributed by atoms with Crippen molar-refractivity contribution in [3.63, 3.8) is 0 Å². The summed E-state index contributed by atoms with van der Waals surface area (Å²) in [6, 6.07) is 8.51. The van der Waals surface area contributed by atoms with Gasteiger partial charge in [-0.3, -0.25) is 0 Å². The fraction of sp³-hybridized carbons (Fsp3) is 0.368. The molecular weight excluding hydrogens is 414 g/mol. The summed E-state index contributed by atoms with van der Waals surface area (Å²) in [5.41, 5.74) is 1.20. The lowest BCUT2D eigenvalue weighted by Gasteiger charge is -2.29. The first-order chi connectivity index (χ1) is 13.9. The van der Waals surface area contributed by atoms with Crippen LogP contribution in [-0.2, 0) is 10.0 Å². The van der Waals surface area contributed by atoms with E-state index in [0.29, 0.717) is 17.7 Å². The molecule has 1 aliphatic heterocycles. The van der Waals surface area contributed by atoms with Gasteiger partial charge >= 0.3 is 0 Å². The van der Waals surface area contributed by atoms with Crippen LogP contribution in [0.25, 0.3) is 11.0 Å². The van der Waals surface area contributed by atoms with Gasteiger partial charge in [0.2, 0.25) is 5.28 Å². The first-order valence-electron chi connectivity index (χ1n) is 9.36. The van der Waals surface area contributed by atoms with Crippen molar-refractivity contribution in [2.45, 2.75) is 36.7 Å². The van der Waals surface area contributed by atoms with Crippen LogP contribution in [0, 0.1) is 6.92 Å². The van der Waals surface area contributed by atoms with Crippen molar-refractivity contribution >= 4 is 38.5 Å². The number of hydrogen-bond donors (Lipinski definition) is 3. The van der Waals surface area contributed by atoms with Crippen molar-refractivity contribution < 1.29 is 13.5 Å². The third-order valence-corrected chi connectivity index (χ3v) is 6.99. The Labute approximate surface area is 174 Å². The Morgan fingerprint density at radius 1 is 1.24 bits per heavy atom. The second-order valence-corrected chi connectivity index (χ2v) is 9.37. The Morgan fingerprint density at radius 3 is 2.66 bits per heavy atom. The van der Waals surface area contributed by atoms with Gasteiger partial charge in [-0.15, -0.1) is 0 Å². The standard InChI is InChI=1S/C19H22ClN5O3S/c1-12-2-6-15(7-3-12)29(27,28)25-9-8-16-17(23-19(20)24-18(16)25)22-13-4-5-14(11-26)21-10-13/h2-3,6-9,13-14,21,26H,4-5,10-11H2,1H3,(H,22,23,24). The van der Waals surface area contributed by atoms with E-state index in [4.69, 9.17) is 11.6 Å². The van der Waals surface area contributed by atoms with Gasteiger partial charge in [-0.05, 0) is 49.6 Å². The van der Waals surface area contributed by atoms with Gasteiger partial charge in [0.1, 0.15) is 5.82 Å². The van der Waals surface area contributed by atoms with Gasteiger partial charge in [0.15, 0.2) is 5.65 Å². The number of anilines is 1. The molecule has 154 valence electrons. The van der Waals surface area contributed by atoms with E-state index in [0.717, 1.165) is 22.4 Å². The Kier molecular flexibility index (Phi) is 5.48. The lowest BCUT2D eigenvalue weighted by molar-refractivity contribution is 0.216. The number of fused-ring (bicyclic) bond motifs is 1. The molecule has 29 heavy (non-hydrogen) atoms. The summed E-state index contributed by atoms with van der Waals surface area (Å²) in [5, 5.41) is 16.4. The van der Waals surface area contributed by atoms with E-state index in [9.17, 15) is 13.5 Å². The number of aromatic nitrogens is 3. The SMILES string of the molecule is Cc1ccc(S(=O)(=O)n2ccc3c(NC4CCC(CO)NC4)nc(Cl)nc32)cc1. The Hall–Kier alpha value is -2.20. The maximum Gasteiger partial charge on any atom is 0.269 e. The third-order valence-electron chi connectivity index (χ3n) is 5.14. The number of piperidine rings is 1. The maximum atomic E-state index is 13.1. The Bertz CT molecular complexity index is 1120. The first-order valence-corrected chi connectivity index (χ1v) is 11.2. The molecule has 0 amide bonds. The normalized spacial score (nSPS) is 20.1. The van der Waals surface area contributed by atoms with Crippen LogP contribution in [0.1, 0.15) is 18.4 Å². The summed E-state index contributed by atoms with van der Waals surface area (Å²) in [4.78, 5) is 8.62. The molecule has 2 unspecified atom stereocenters. The van der Waals surface area contributed by atoms with Crippen LogP contribution in [-0.4, -0.2) is 52.7 Å². The predicted octanol–water partition coefficient (Wildman–Crippen LogP) is 2.15. The van der Waals surface area contributed by atoms with Gasteiger partial charge < -0.3 is 15.7 Å².